The Labute approximate surface area is 206 Å². The van der Waals surface area contributed by atoms with E-state index in [4.69, 9.17) is 11.6 Å². The molecular formula is C28H19ClN4O2. The first-order valence-corrected chi connectivity index (χ1v) is 11.2. The topological polar surface area (TPSA) is 87.7 Å². The third kappa shape index (κ3) is 5.03. The van der Waals surface area contributed by atoms with Gasteiger partial charge in [0.15, 0.2) is 5.78 Å². The number of ketones is 1. The van der Waals surface area contributed by atoms with Crippen molar-refractivity contribution >= 4 is 52.0 Å². The Morgan fingerprint density at radius 3 is 2.51 bits per heavy atom. The van der Waals surface area contributed by atoms with Gasteiger partial charge in [0.2, 0.25) is 0 Å². The third-order valence-corrected chi connectivity index (χ3v) is 5.66. The summed E-state index contributed by atoms with van der Waals surface area (Å²) in [6, 6.07) is 25.3. The quantitative estimate of drug-likeness (QED) is 0.282. The Hall–Kier alpha value is -4.55. The first-order chi connectivity index (χ1) is 17.1. The van der Waals surface area contributed by atoms with Gasteiger partial charge in [0.05, 0.1) is 11.2 Å². The SMILES string of the molecule is O=C(c1cccc(NC(=O)c2cc(Cl)ccn2)c1)c1ccc2c(C=Cc3ccccc3)n[nH]c2c1. The Morgan fingerprint density at radius 2 is 1.69 bits per heavy atom. The number of H-pyrrole nitrogens is 1. The molecule has 0 saturated carbocycles. The normalized spacial score (nSPS) is 11.1. The molecular weight excluding hydrogens is 460 g/mol. The summed E-state index contributed by atoms with van der Waals surface area (Å²) in [6.45, 7) is 0. The second-order valence-corrected chi connectivity index (χ2v) is 8.27. The highest BCUT2D eigenvalue weighted by molar-refractivity contribution is 6.31. The van der Waals surface area contributed by atoms with Crippen molar-refractivity contribution in [3.05, 3.63) is 124 Å². The first kappa shape index (κ1) is 22.3. The van der Waals surface area contributed by atoms with Gasteiger partial charge in [-0.2, -0.15) is 5.10 Å². The molecule has 2 N–H and O–H groups in total. The van der Waals surface area contributed by atoms with Crippen LogP contribution < -0.4 is 5.32 Å². The maximum Gasteiger partial charge on any atom is 0.274 e. The number of hydrogen-bond acceptors (Lipinski definition) is 4. The van der Waals surface area contributed by atoms with Crippen molar-refractivity contribution in [2.75, 3.05) is 5.32 Å². The van der Waals surface area contributed by atoms with Crippen LogP contribution in [-0.4, -0.2) is 26.9 Å². The lowest BCUT2D eigenvalue weighted by Crippen LogP contribution is -2.14. The lowest BCUT2D eigenvalue weighted by atomic mass is 10.0. The number of aromatic nitrogens is 3. The highest BCUT2D eigenvalue weighted by Crippen LogP contribution is 2.22. The average molecular weight is 479 g/mol. The second-order valence-electron chi connectivity index (χ2n) is 7.84. The molecule has 170 valence electrons. The fourth-order valence-corrected chi connectivity index (χ4v) is 3.84. The number of fused-ring (bicyclic) bond motifs is 1. The zero-order valence-electron chi connectivity index (χ0n) is 18.4. The molecule has 5 aromatic rings. The highest BCUT2D eigenvalue weighted by Gasteiger charge is 2.14. The van der Waals surface area contributed by atoms with E-state index in [1.54, 1.807) is 42.5 Å². The molecule has 5 rings (SSSR count). The summed E-state index contributed by atoms with van der Waals surface area (Å²) in [4.78, 5) is 29.7. The Balaban J connectivity index is 1.35. The van der Waals surface area contributed by atoms with Crippen LogP contribution in [0.2, 0.25) is 5.02 Å². The predicted molar refractivity (Wildman–Crippen MR) is 139 cm³/mol. The molecule has 0 spiro atoms. The van der Waals surface area contributed by atoms with Gasteiger partial charge in [-0.3, -0.25) is 19.7 Å². The molecule has 3 aromatic carbocycles. The fraction of sp³-hybridized carbons (Fsp3) is 0. The van der Waals surface area contributed by atoms with Crippen LogP contribution in [0.4, 0.5) is 5.69 Å². The minimum atomic E-state index is -0.410. The van der Waals surface area contributed by atoms with Gasteiger partial charge in [0, 0.05) is 33.4 Å². The van der Waals surface area contributed by atoms with Crippen LogP contribution >= 0.6 is 11.6 Å². The summed E-state index contributed by atoms with van der Waals surface area (Å²) in [5.74, 6) is -0.577. The number of nitrogens with zero attached hydrogens (tertiary/aromatic N) is 2. The Kier molecular flexibility index (Phi) is 6.20. The molecule has 0 radical (unpaired) electrons. The molecule has 0 saturated heterocycles. The number of anilines is 1. The third-order valence-electron chi connectivity index (χ3n) is 5.42. The van der Waals surface area contributed by atoms with Crippen LogP contribution in [0.15, 0.2) is 91.1 Å². The van der Waals surface area contributed by atoms with Gasteiger partial charge >= 0.3 is 0 Å². The summed E-state index contributed by atoms with van der Waals surface area (Å²) >= 11 is 5.94. The molecule has 0 bridgehead atoms. The summed E-state index contributed by atoms with van der Waals surface area (Å²) in [5.41, 5.74) is 4.27. The van der Waals surface area contributed by atoms with E-state index in [0.717, 1.165) is 22.2 Å². The zero-order valence-corrected chi connectivity index (χ0v) is 19.2. The number of hydrogen-bond donors (Lipinski definition) is 2. The van der Waals surface area contributed by atoms with Crippen LogP contribution in [0, 0.1) is 0 Å². The minimum Gasteiger partial charge on any atom is -0.321 e. The molecule has 2 heterocycles. The number of carbonyl (C=O) groups excluding carboxylic acids is 2. The number of amides is 1. The van der Waals surface area contributed by atoms with Gasteiger partial charge in [-0.05, 0) is 48.0 Å². The monoisotopic (exact) mass is 478 g/mol. The Bertz CT molecular complexity index is 1570. The van der Waals surface area contributed by atoms with Crippen LogP contribution in [0.25, 0.3) is 23.1 Å². The van der Waals surface area contributed by atoms with Crippen molar-refractivity contribution in [3.63, 3.8) is 0 Å². The fourth-order valence-electron chi connectivity index (χ4n) is 3.68. The number of carbonyl (C=O) groups is 2. The van der Waals surface area contributed by atoms with Crippen molar-refractivity contribution < 1.29 is 9.59 Å². The van der Waals surface area contributed by atoms with E-state index in [1.165, 1.54) is 12.3 Å². The molecule has 0 unspecified atom stereocenters. The largest absolute Gasteiger partial charge is 0.321 e. The van der Waals surface area contributed by atoms with Gasteiger partial charge in [-0.1, -0.05) is 66.2 Å². The molecule has 1 amide bonds. The van der Waals surface area contributed by atoms with E-state index >= 15 is 0 Å². The van der Waals surface area contributed by atoms with Gasteiger partial charge < -0.3 is 5.32 Å². The summed E-state index contributed by atoms with van der Waals surface area (Å²) in [7, 11) is 0. The molecule has 35 heavy (non-hydrogen) atoms. The lowest BCUT2D eigenvalue weighted by Gasteiger charge is -2.07. The number of nitrogens with one attached hydrogen (secondary N) is 2. The molecule has 0 aliphatic rings. The van der Waals surface area contributed by atoms with E-state index < -0.39 is 5.91 Å². The second kappa shape index (κ2) is 9.75. The van der Waals surface area contributed by atoms with E-state index in [1.807, 2.05) is 48.6 Å². The highest BCUT2D eigenvalue weighted by atomic mass is 35.5. The van der Waals surface area contributed by atoms with Crippen LogP contribution in [-0.2, 0) is 0 Å². The maximum absolute atomic E-state index is 13.2. The standard InChI is InChI=1S/C28H19ClN4O2/c29-21-13-14-30-26(17-21)28(35)31-22-8-4-7-19(15-22)27(34)20-10-11-23-24(32-33-25(23)16-20)12-9-18-5-2-1-3-6-18/h1-17H,(H,31,35)(H,32,33). The number of pyridine rings is 1. The van der Waals surface area contributed by atoms with Crippen LogP contribution in [0.1, 0.15) is 37.7 Å². The van der Waals surface area contributed by atoms with Gasteiger partial charge in [0.25, 0.3) is 5.91 Å². The average Bonchev–Trinajstić information content (AvgIpc) is 3.30. The molecule has 0 aliphatic heterocycles. The number of aromatic amines is 1. The lowest BCUT2D eigenvalue weighted by molar-refractivity contribution is 0.101. The minimum absolute atomic E-state index is 0.167. The summed E-state index contributed by atoms with van der Waals surface area (Å²) < 4.78 is 0. The number of halogens is 1. The van der Waals surface area contributed by atoms with E-state index in [2.05, 4.69) is 20.5 Å². The smallest absolute Gasteiger partial charge is 0.274 e. The maximum atomic E-state index is 13.2. The van der Waals surface area contributed by atoms with Gasteiger partial charge in [-0.25, -0.2) is 0 Å². The van der Waals surface area contributed by atoms with Crippen molar-refractivity contribution in [3.8, 4) is 0 Å². The first-order valence-electron chi connectivity index (χ1n) is 10.9. The van der Waals surface area contributed by atoms with E-state index in [0.29, 0.717) is 21.8 Å². The zero-order chi connectivity index (χ0) is 24.2. The molecule has 0 fully saturated rings. The van der Waals surface area contributed by atoms with Crippen LogP contribution in [0.5, 0.6) is 0 Å². The Morgan fingerprint density at radius 1 is 0.857 bits per heavy atom. The van der Waals surface area contributed by atoms with Crippen molar-refractivity contribution in [2.45, 2.75) is 0 Å². The number of benzene rings is 3. The molecule has 0 atom stereocenters. The van der Waals surface area contributed by atoms with Crippen molar-refractivity contribution in [1.29, 1.82) is 0 Å². The molecule has 0 aliphatic carbocycles. The van der Waals surface area contributed by atoms with E-state index in [9.17, 15) is 9.59 Å². The molecule has 2 aromatic heterocycles. The molecule has 7 heteroatoms. The van der Waals surface area contributed by atoms with Gasteiger partial charge in [0.1, 0.15) is 5.69 Å². The van der Waals surface area contributed by atoms with Crippen LogP contribution in [0.3, 0.4) is 0 Å². The predicted octanol–water partition coefficient (Wildman–Crippen LogP) is 6.27. The van der Waals surface area contributed by atoms with E-state index in [-0.39, 0.29) is 11.5 Å². The van der Waals surface area contributed by atoms with Gasteiger partial charge in [-0.15, -0.1) is 0 Å². The molecule has 6 nitrogen and oxygen atoms in total. The number of rotatable bonds is 6. The van der Waals surface area contributed by atoms with Crippen molar-refractivity contribution in [2.24, 2.45) is 0 Å². The van der Waals surface area contributed by atoms with Crippen molar-refractivity contribution in [1.82, 2.24) is 15.2 Å². The summed E-state index contributed by atoms with van der Waals surface area (Å²) in [5, 5.41) is 11.5. The summed E-state index contributed by atoms with van der Waals surface area (Å²) in [6.07, 6.45) is 5.40.